The van der Waals surface area contributed by atoms with E-state index in [4.69, 9.17) is 4.98 Å². The van der Waals surface area contributed by atoms with Crippen molar-refractivity contribution in [1.29, 1.82) is 0 Å². The summed E-state index contributed by atoms with van der Waals surface area (Å²) in [5.74, 6) is 2.83. The minimum absolute atomic E-state index is 0.371. The smallest absolute Gasteiger partial charge is 0.179 e. The van der Waals surface area contributed by atoms with Gasteiger partial charge in [0.05, 0.1) is 28.6 Å². The van der Waals surface area contributed by atoms with Gasteiger partial charge in [0.1, 0.15) is 11.5 Å². The Bertz CT molecular complexity index is 2670. The van der Waals surface area contributed by atoms with Crippen LogP contribution in [0, 0.1) is 0 Å². The fraction of sp³-hybridized carbons (Fsp3) is 0.146. The van der Waals surface area contributed by atoms with Crippen LogP contribution < -0.4 is 0 Å². The zero-order valence-electron chi connectivity index (χ0n) is 28.2. The van der Waals surface area contributed by atoms with Crippen LogP contribution in [0.15, 0.2) is 122 Å². The Morgan fingerprint density at radius 2 is 1.56 bits per heavy atom. The van der Waals surface area contributed by atoms with Crippen LogP contribution >= 0.6 is 0 Å². The molecule has 0 spiro atoms. The van der Waals surface area contributed by atoms with Crippen LogP contribution in [-0.4, -0.2) is 67.7 Å². The lowest BCUT2D eigenvalue weighted by molar-refractivity contribution is 0.202. The molecule has 1 fully saturated rings. The highest BCUT2D eigenvalue weighted by molar-refractivity contribution is 5.98. The lowest BCUT2D eigenvalue weighted by Gasteiger charge is -2.30. The molecular formula is C41H33N11. The number of imidazole rings is 1. The molecule has 252 valence electrons. The van der Waals surface area contributed by atoms with Gasteiger partial charge in [0, 0.05) is 46.9 Å². The summed E-state index contributed by atoms with van der Waals surface area (Å²) in [4.78, 5) is 23.2. The average Bonchev–Trinajstić information content (AvgIpc) is 3.99. The Hall–Kier alpha value is -6.59. The Labute approximate surface area is 298 Å². The van der Waals surface area contributed by atoms with Gasteiger partial charge in [0.2, 0.25) is 0 Å². The normalized spacial score (nSPS) is 14.2. The van der Waals surface area contributed by atoms with Gasteiger partial charge >= 0.3 is 0 Å². The number of benzene rings is 3. The van der Waals surface area contributed by atoms with Gasteiger partial charge in [-0.25, -0.2) is 9.97 Å². The molecular weight excluding hydrogens is 647 g/mol. The molecule has 52 heavy (non-hydrogen) atoms. The first-order valence-electron chi connectivity index (χ1n) is 17.6. The van der Waals surface area contributed by atoms with Gasteiger partial charge in [-0.2, -0.15) is 0 Å². The second-order valence-electron chi connectivity index (χ2n) is 13.4. The molecule has 0 saturated carbocycles. The summed E-state index contributed by atoms with van der Waals surface area (Å²) in [6.07, 6.45) is 7.57. The second-order valence-corrected chi connectivity index (χ2v) is 13.4. The molecule has 1 aliphatic heterocycles. The molecule has 0 unspecified atom stereocenters. The van der Waals surface area contributed by atoms with Gasteiger partial charge < -0.3 is 9.97 Å². The van der Waals surface area contributed by atoms with Crippen LogP contribution in [0.5, 0.6) is 0 Å². The van der Waals surface area contributed by atoms with Gasteiger partial charge in [0.25, 0.3) is 0 Å². The number of nitrogens with one attached hydrogen (secondary N) is 2. The zero-order valence-corrected chi connectivity index (χ0v) is 28.2. The third-order valence-electron chi connectivity index (χ3n) is 10.2. The van der Waals surface area contributed by atoms with E-state index in [-0.39, 0.29) is 0 Å². The first kappa shape index (κ1) is 30.3. The van der Waals surface area contributed by atoms with Crippen molar-refractivity contribution in [3.63, 3.8) is 0 Å². The van der Waals surface area contributed by atoms with Gasteiger partial charge in [-0.15, -0.1) is 20.4 Å². The van der Waals surface area contributed by atoms with Gasteiger partial charge in [0.15, 0.2) is 17.3 Å². The topological polar surface area (TPSA) is 129 Å². The highest BCUT2D eigenvalue weighted by Crippen LogP contribution is 2.36. The molecule has 1 aliphatic rings. The van der Waals surface area contributed by atoms with Gasteiger partial charge in [-0.05, 0) is 79.5 Å². The van der Waals surface area contributed by atoms with Crippen molar-refractivity contribution >= 4 is 27.6 Å². The summed E-state index contributed by atoms with van der Waals surface area (Å²) >= 11 is 0. The third-order valence-corrected chi connectivity index (χ3v) is 10.2. The van der Waals surface area contributed by atoms with Crippen LogP contribution in [0.2, 0.25) is 0 Å². The number of piperidine rings is 1. The molecule has 11 heteroatoms. The molecule has 7 heterocycles. The zero-order chi connectivity index (χ0) is 34.4. The number of aromatic nitrogens is 10. The van der Waals surface area contributed by atoms with Crippen LogP contribution in [0.4, 0.5) is 0 Å². The molecule has 0 amide bonds. The van der Waals surface area contributed by atoms with Crippen molar-refractivity contribution in [2.75, 3.05) is 13.1 Å². The summed E-state index contributed by atoms with van der Waals surface area (Å²) in [5.41, 5.74) is 10.8. The monoisotopic (exact) mass is 679 g/mol. The molecule has 0 aliphatic carbocycles. The van der Waals surface area contributed by atoms with Crippen LogP contribution in [0.1, 0.15) is 30.1 Å². The van der Waals surface area contributed by atoms with Crippen LogP contribution in [0.3, 0.4) is 0 Å². The Morgan fingerprint density at radius 1 is 0.712 bits per heavy atom. The molecule has 0 atom stereocenters. The van der Waals surface area contributed by atoms with Crippen molar-refractivity contribution in [3.05, 3.63) is 133 Å². The third kappa shape index (κ3) is 5.48. The lowest BCUT2D eigenvalue weighted by atomic mass is 9.95. The molecule has 0 radical (unpaired) electrons. The van der Waals surface area contributed by atoms with Crippen molar-refractivity contribution in [2.24, 2.45) is 0 Å². The summed E-state index contributed by atoms with van der Waals surface area (Å²) in [7, 11) is 0. The Balaban J connectivity index is 0.910. The number of hydrogen-bond donors (Lipinski definition) is 2. The number of hydrogen-bond acceptors (Lipinski definition) is 8. The number of likely N-dealkylation sites (tertiary alicyclic amines) is 1. The predicted molar refractivity (Wildman–Crippen MR) is 201 cm³/mol. The molecule has 3 aromatic carbocycles. The molecule has 0 bridgehead atoms. The van der Waals surface area contributed by atoms with E-state index < -0.39 is 0 Å². The standard InChI is InChI=1S/C41H33N11/c1-2-6-27(7-3-1)31-23-32-33(17-21-52-40(49-50-41(32)52)30-13-14-34-36(22-30)44-25-43-34)45-37(31)28-11-9-26(10-12-28)24-51-19-15-29(16-20-51)38-46-39(48-47-38)35-8-4-5-18-42-35/h1-14,17-18,21-23,25,29H,15-16,19-20,24H2,(H,43,44)(H,46,47,48). The maximum atomic E-state index is 5.27. The van der Waals surface area contributed by atoms with E-state index in [0.717, 1.165) is 111 Å². The minimum Gasteiger partial charge on any atom is -0.345 e. The maximum Gasteiger partial charge on any atom is 0.179 e. The Morgan fingerprint density at radius 3 is 2.40 bits per heavy atom. The largest absolute Gasteiger partial charge is 0.345 e. The quantitative estimate of drug-likeness (QED) is 0.175. The first-order chi connectivity index (χ1) is 25.7. The molecule has 10 rings (SSSR count). The summed E-state index contributed by atoms with van der Waals surface area (Å²) in [5, 5.41) is 19.1. The van der Waals surface area contributed by atoms with E-state index >= 15 is 0 Å². The summed E-state index contributed by atoms with van der Waals surface area (Å²) in [6.45, 7) is 2.92. The van der Waals surface area contributed by atoms with Crippen molar-refractivity contribution in [3.8, 4) is 45.3 Å². The summed E-state index contributed by atoms with van der Waals surface area (Å²) < 4.78 is 2.04. The number of H-pyrrole nitrogens is 2. The highest BCUT2D eigenvalue weighted by atomic mass is 15.2. The van der Waals surface area contributed by atoms with Gasteiger partial charge in [-0.1, -0.05) is 60.7 Å². The number of nitrogens with zero attached hydrogens (tertiary/aromatic N) is 9. The fourth-order valence-electron chi connectivity index (χ4n) is 7.39. The van der Waals surface area contributed by atoms with Gasteiger partial charge in [-0.3, -0.25) is 14.3 Å². The SMILES string of the molecule is c1ccc(-c2cc3c(ccn4c(-c5ccc6nc[nH]c6c5)nnc34)nc2-c2ccc(CN3CCC(c4nnc(-c5ccccn5)[nH]4)CC3)cc2)cc1. The van der Waals surface area contributed by atoms with Crippen LogP contribution in [-0.2, 0) is 6.54 Å². The molecule has 2 N–H and O–H groups in total. The molecule has 6 aromatic heterocycles. The van der Waals surface area contributed by atoms with Crippen molar-refractivity contribution < 1.29 is 0 Å². The van der Waals surface area contributed by atoms with E-state index in [0.29, 0.717) is 5.92 Å². The highest BCUT2D eigenvalue weighted by Gasteiger charge is 2.24. The predicted octanol–water partition coefficient (Wildman–Crippen LogP) is 7.71. The number of fused-ring (bicyclic) bond motifs is 4. The summed E-state index contributed by atoms with van der Waals surface area (Å²) in [6, 6.07) is 35.5. The number of rotatable bonds is 7. The fourth-order valence-corrected chi connectivity index (χ4v) is 7.39. The van der Waals surface area contributed by atoms with E-state index in [2.05, 4.69) is 112 Å². The molecule has 11 nitrogen and oxygen atoms in total. The van der Waals surface area contributed by atoms with E-state index in [1.165, 1.54) is 5.56 Å². The first-order valence-corrected chi connectivity index (χ1v) is 17.6. The van der Waals surface area contributed by atoms with E-state index in [9.17, 15) is 0 Å². The molecule has 1 saturated heterocycles. The van der Waals surface area contributed by atoms with Crippen molar-refractivity contribution in [2.45, 2.75) is 25.3 Å². The van der Waals surface area contributed by atoms with E-state index in [1.807, 2.05) is 47.0 Å². The number of pyridine rings is 3. The average molecular weight is 680 g/mol. The number of aromatic amines is 2. The van der Waals surface area contributed by atoms with Crippen LogP contribution in [0.25, 0.3) is 72.9 Å². The second kappa shape index (κ2) is 12.6. The van der Waals surface area contributed by atoms with E-state index in [1.54, 1.807) is 12.5 Å². The van der Waals surface area contributed by atoms with Crippen molar-refractivity contribution in [1.82, 2.24) is 54.6 Å². The minimum atomic E-state index is 0.371. The Kier molecular flexibility index (Phi) is 7.35. The maximum absolute atomic E-state index is 5.27. The lowest BCUT2D eigenvalue weighted by Crippen LogP contribution is -2.32. The molecule has 9 aromatic rings.